The predicted octanol–water partition coefficient (Wildman–Crippen LogP) is 4.55. The molecule has 0 amide bonds. The van der Waals surface area contributed by atoms with Crippen LogP contribution in [0.15, 0.2) is 23.2 Å². The molecule has 1 saturated carbocycles. The van der Waals surface area contributed by atoms with Crippen LogP contribution in [-0.2, 0) is 22.4 Å². The van der Waals surface area contributed by atoms with E-state index in [2.05, 4.69) is 23.8 Å². The quantitative estimate of drug-likeness (QED) is 0.174. The summed E-state index contributed by atoms with van der Waals surface area (Å²) in [6.07, 6.45) is 13.5. The Morgan fingerprint density at radius 2 is 2.03 bits per heavy atom. The van der Waals surface area contributed by atoms with Crippen molar-refractivity contribution in [3.05, 3.63) is 34.9 Å². The van der Waals surface area contributed by atoms with Crippen molar-refractivity contribution in [2.24, 2.45) is 22.4 Å². The molecular weight excluding hydrogens is 466 g/mol. The lowest BCUT2D eigenvalue weighted by Gasteiger charge is -2.24. The van der Waals surface area contributed by atoms with Gasteiger partial charge in [-0.05, 0) is 81.4 Å². The maximum atomic E-state index is 12.5. The number of nitrogens with zero attached hydrogens (tertiary/aromatic N) is 1. The van der Waals surface area contributed by atoms with Gasteiger partial charge in [-0.15, -0.1) is 0 Å². The molecule has 0 aromatic heterocycles. The average molecular weight is 510 g/mol. The number of hydrogen-bond acceptors (Lipinski definition) is 5. The highest BCUT2D eigenvalue weighted by Crippen LogP contribution is 2.40. The molecule has 2 atom stereocenters. The molecule has 3 rings (SSSR count). The minimum atomic E-state index is -0.0919. The number of phenols is 1. The number of hydrogen-bond donors (Lipinski definition) is 3. The van der Waals surface area contributed by atoms with Gasteiger partial charge in [-0.2, -0.15) is 0 Å². The third-order valence-electron chi connectivity index (χ3n) is 7.13. The Morgan fingerprint density at radius 1 is 1.24 bits per heavy atom. The van der Waals surface area contributed by atoms with Gasteiger partial charge in [0.15, 0.2) is 23.2 Å². The number of aryl methyl sites for hydroxylation is 1. The molecule has 0 bridgehead atoms. The molecule has 0 aliphatic heterocycles. The first kappa shape index (κ1) is 28.6. The normalized spacial score (nSPS) is 20.2. The second-order valence-corrected chi connectivity index (χ2v) is 10.2. The lowest BCUT2D eigenvalue weighted by atomic mass is 9.86. The van der Waals surface area contributed by atoms with Gasteiger partial charge >= 0.3 is 0 Å². The molecular formula is C30H43N3O4. The van der Waals surface area contributed by atoms with Crippen LogP contribution in [0.2, 0.25) is 0 Å². The monoisotopic (exact) mass is 509 g/mol. The van der Waals surface area contributed by atoms with Crippen molar-refractivity contribution in [2.45, 2.75) is 96.1 Å². The topological polar surface area (TPSA) is 120 Å². The highest BCUT2D eigenvalue weighted by molar-refractivity contribution is 5.89. The number of carbonyl (C=O) groups excluding carboxylic acids is 1. The van der Waals surface area contributed by atoms with E-state index in [1.165, 1.54) is 0 Å². The molecule has 7 heteroatoms. The Labute approximate surface area is 221 Å². The van der Waals surface area contributed by atoms with Crippen LogP contribution >= 0.6 is 0 Å². The van der Waals surface area contributed by atoms with E-state index >= 15 is 0 Å². The molecule has 7 nitrogen and oxygen atoms in total. The van der Waals surface area contributed by atoms with E-state index in [1.54, 1.807) is 13.2 Å². The van der Waals surface area contributed by atoms with Crippen LogP contribution in [0.4, 0.5) is 0 Å². The second-order valence-electron chi connectivity index (χ2n) is 10.2. The van der Waals surface area contributed by atoms with Crippen molar-refractivity contribution in [3.63, 3.8) is 0 Å². The van der Waals surface area contributed by atoms with Gasteiger partial charge < -0.3 is 26.0 Å². The Hall–Kier alpha value is -2.98. The summed E-state index contributed by atoms with van der Waals surface area (Å²) in [4.78, 5) is 16.9. The van der Waals surface area contributed by atoms with Crippen LogP contribution in [0.5, 0.6) is 11.5 Å². The van der Waals surface area contributed by atoms with E-state index in [-0.39, 0.29) is 35.6 Å². The number of unbranched alkanes of at least 4 members (excludes halogenated alkanes) is 1. The number of benzene rings is 1. The van der Waals surface area contributed by atoms with Gasteiger partial charge in [0.1, 0.15) is 0 Å². The number of carbonyl (C=O) groups is 1. The minimum Gasteiger partial charge on any atom is -0.504 e. The molecule has 2 aliphatic carbocycles. The maximum Gasteiger partial charge on any atom is 0.186 e. The molecule has 2 aliphatic rings. The largest absolute Gasteiger partial charge is 0.504 e. The minimum absolute atomic E-state index is 0.0641. The van der Waals surface area contributed by atoms with Gasteiger partial charge in [0.2, 0.25) is 0 Å². The Kier molecular flexibility index (Phi) is 11.3. The smallest absolute Gasteiger partial charge is 0.186 e. The molecule has 1 aromatic carbocycles. The summed E-state index contributed by atoms with van der Waals surface area (Å²) in [6, 6.07) is 1.81. The molecule has 0 unspecified atom stereocenters. The summed E-state index contributed by atoms with van der Waals surface area (Å²) in [5.74, 6) is 7.54. The second kappa shape index (κ2) is 14.7. The molecule has 1 fully saturated rings. The van der Waals surface area contributed by atoms with Crippen LogP contribution in [0, 0.1) is 17.8 Å². The van der Waals surface area contributed by atoms with E-state index in [1.807, 2.05) is 12.1 Å². The number of guanidine groups is 1. The van der Waals surface area contributed by atoms with Crippen molar-refractivity contribution in [2.75, 3.05) is 13.7 Å². The number of aromatic hydroxyl groups is 1. The summed E-state index contributed by atoms with van der Waals surface area (Å²) in [5, 5.41) is 11.4. The third-order valence-corrected chi connectivity index (χ3v) is 7.13. The first-order valence-corrected chi connectivity index (χ1v) is 13.7. The van der Waals surface area contributed by atoms with Crippen LogP contribution in [0.1, 0.15) is 87.8 Å². The Morgan fingerprint density at radius 3 is 2.73 bits per heavy atom. The first-order valence-electron chi connectivity index (χ1n) is 13.7. The fraction of sp³-hybridized carbons (Fsp3) is 0.600. The summed E-state index contributed by atoms with van der Waals surface area (Å²) >= 11 is 0. The standard InChI is InChI=1S/C30H43N3O4/c1-3-4-5-10-24(34)17-15-22-19-28(37-25-11-6-7-12-25)29(35)27-18-21(20-36-2)14-16-23(33-30(31)32)9-8-13-26(22)27/h5,10,19,21,23,25,35H,3-4,6-7,9,11-12,14-18,20H2,1-2H3,(H4,31,32,33)/b10-5+/t21-,23-/m0/s1. The highest BCUT2D eigenvalue weighted by atomic mass is 16.5. The van der Waals surface area contributed by atoms with E-state index in [0.717, 1.165) is 68.1 Å². The molecule has 0 spiro atoms. The van der Waals surface area contributed by atoms with Crippen molar-refractivity contribution in [3.8, 4) is 23.3 Å². The first-order chi connectivity index (χ1) is 17.9. The van der Waals surface area contributed by atoms with Crippen LogP contribution in [-0.4, -0.2) is 42.7 Å². The lowest BCUT2D eigenvalue weighted by molar-refractivity contribution is -0.114. The van der Waals surface area contributed by atoms with E-state index in [0.29, 0.717) is 38.0 Å². The van der Waals surface area contributed by atoms with Crippen LogP contribution < -0.4 is 16.2 Å². The summed E-state index contributed by atoms with van der Waals surface area (Å²) in [5.41, 5.74) is 13.8. The van der Waals surface area contributed by atoms with E-state index < -0.39 is 0 Å². The number of aliphatic imine (C=N–C) groups is 1. The highest BCUT2D eigenvalue weighted by Gasteiger charge is 2.25. The fourth-order valence-corrected chi connectivity index (χ4v) is 5.19. The van der Waals surface area contributed by atoms with Gasteiger partial charge in [-0.25, -0.2) is 4.99 Å². The Balaban J connectivity index is 2.02. The number of nitrogens with two attached hydrogens (primary N) is 2. The van der Waals surface area contributed by atoms with Crippen molar-refractivity contribution < 1.29 is 19.4 Å². The molecule has 1 aromatic rings. The summed E-state index contributed by atoms with van der Waals surface area (Å²) < 4.78 is 11.8. The Bertz CT molecular complexity index is 1030. The van der Waals surface area contributed by atoms with Crippen LogP contribution in [0.3, 0.4) is 0 Å². The van der Waals surface area contributed by atoms with Gasteiger partial charge in [0, 0.05) is 37.7 Å². The summed E-state index contributed by atoms with van der Waals surface area (Å²) in [7, 11) is 1.69. The van der Waals surface area contributed by atoms with Gasteiger partial charge in [0.25, 0.3) is 0 Å². The number of fused-ring (bicyclic) bond motifs is 1. The number of methoxy groups -OCH3 is 1. The van der Waals surface area contributed by atoms with Gasteiger partial charge in [0.05, 0.1) is 12.1 Å². The lowest BCUT2D eigenvalue weighted by Crippen LogP contribution is -2.26. The number of phenolic OH excluding ortho intramolecular Hbond substituents is 1. The molecule has 0 saturated heterocycles. The fourth-order valence-electron chi connectivity index (χ4n) is 5.19. The number of ether oxygens (including phenoxy) is 2. The molecule has 0 heterocycles. The molecule has 202 valence electrons. The predicted molar refractivity (Wildman–Crippen MR) is 148 cm³/mol. The van der Waals surface area contributed by atoms with Gasteiger partial charge in [-0.1, -0.05) is 31.3 Å². The maximum absolute atomic E-state index is 12.5. The summed E-state index contributed by atoms with van der Waals surface area (Å²) in [6.45, 7) is 2.64. The zero-order chi connectivity index (χ0) is 26.6. The third kappa shape index (κ3) is 8.82. The van der Waals surface area contributed by atoms with Crippen LogP contribution in [0.25, 0.3) is 0 Å². The SMILES string of the molecule is CCC/C=C/C(=O)CCc1cc(OC2CCCC2)c(O)c2c1C#CC[C@H](N=C(N)N)CC[C@H](COC)C2. The van der Waals surface area contributed by atoms with E-state index in [9.17, 15) is 9.90 Å². The van der Waals surface area contributed by atoms with E-state index in [4.69, 9.17) is 20.9 Å². The van der Waals surface area contributed by atoms with Crippen molar-refractivity contribution >= 4 is 11.7 Å². The average Bonchev–Trinajstić information content (AvgIpc) is 3.37. The number of ketones is 1. The number of allylic oxidation sites excluding steroid dienone is 2. The zero-order valence-corrected chi connectivity index (χ0v) is 22.4. The number of rotatable bonds is 11. The molecule has 5 N–H and O–H groups in total. The van der Waals surface area contributed by atoms with Gasteiger partial charge in [-0.3, -0.25) is 4.79 Å². The molecule has 0 radical (unpaired) electrons. The van der Waals surface area contributed by atoms with Crippen molar-refractivity contribution in [1.29, 1.82) is 0 Å². The van der Waals surface area contributed by atoms with Crippen molar-refractivity contribution in [1.82, 2.24) is 0 Å². The molecule has 37 heavy (non-hydrogen) atoms. The zero-order valence-electron chi connectivity index (χ0n) is 22.4.